The molecule has 0 fully saturated rings. The van der Waals surface area contributed by atoms with Gasteiger partial charge in [-0.05, 0) is 51.4 Å². The first-order valence-corrected chi connectivity index (χ1v) is 31.3. The molecule has 0 aromatic carbocycles. The van der Waals surface area contributed by atoms with E-state index >= 15 is 0 Å². The smallest absolute Gasteiger partial charge is 0.305 e. The fourth-order valence-corrected chi connectivity index (χ4v) is 9.63. The zero-order valence-corrected chi connectivity index (χ0v) is 47.0. The third-order valence-electron chi connectivity index (χ3n) is 14.4. The largest absolute Gasteiger partial charge is 0.466 e. The number of carbonyl (C=O) groups excluding carboxylic acids is 2. The molecule has 0 aromatic heterocycles. The van der Waals surface area contributed by atoms with Crippen molar-refractivity contribution in [1.82, 2.24) is 5.32 Å². The maximum absolute atomic E-state index is 12.5. The number of ether oxygens (including phenoxy) is 1. The Balaban J connectivity index is 3.53. The molecule has 0 rings (SSSR count). The van der Waals surface area contributed by atoms with Gasteiger partial charge in [0.25, 0.3) is 0 Å². The molecule has 0 heterocycles. The highest BCUT2D eigenvalue weighted by atomic mass is 16.5. The van der Waals surface area contributed by atoms with E-state index < -0.39 is 12.1 Å². The lowest BCUT2D eigenvalue weighted by Gasteiger charge is -2.19. The number of carbonyl (C=O) groups is 2. The van der Waals surface area contributed by atoms with Gasteiger partial charge in [-0.3, -0.25) is 9.59 Å². The summed E-state index contributed by atoms with van der Waals surface area (Å²) in [5.74, 6) is -0.159. The third-order valence-corrected chi connectivity index (χ3v) is 14.4. The van der Waals surface area contributed by atoms with E-state index in [2.05, 4.69) is 37.4 Å². The van der Waals surface area contributed by atoms with Crippen molar-refractivity contribution in [2.24, 2.45) is 0 Å². The average molecular weight is 985 g/mol. The van der Waals surface area contributed by atoms with Gasteiger partial charge in [-0.25, -0.2) is 0 Å². The van der Waals surface area contributed by atoms with E-state index in [-0.39, 0.29) is 18.5 Å². The Kier molecular flexibility index (Phi) is 58.0. The molecule has 412 valence electrons. The van der Waals surface area contributed by atoms with Gasteiger partial charge < -0.3 is 20.3 Å². The first-order chi connectivity index (χ1) is 34.5. The second-order valence-electron chi connectivity index (χ2n) is 21.4. The van der Waals surface area contributed by atoms with Gasteiger partial charge in [-0.15, -0.1) is 0 Å². The quantitative estimate of drug-likeness (QED) is 0.0321. The van der Waals surface area contributed by atoms with E-state index in [0.717, 1.165) is 51.4 Å². The Morgan fingerprint density at radius 3 is 1.11 bits per heavy atom. The summed E-state index contributed by atoms with van der Waals surface area (Å²) in [4.78, 5) is 24.6. The lowest BCUT2D eigenvalue weighted by molar-refractivity contribution is -0.143. The highest BCUT2D eigenvalue weighted by molar-refractivity contribution is 5.76. The predicted octanol–water partition coefficient (Wildman–Crippen LogP) is 19.6. The van der Waals surface area contributed by atoms with Crippen LogP contribution in [0.3, 0.4) is 0 Å². The van der Waals surface area contributed by atoms with E-state index in [1.165, 1.54) is 250 Å². The van der Waals surface area contributed by atoms with Gasteiger partial charge in [0.15, 0.2) is 0 Å². The van der Waals surface area contributed by atoms with Crippen molar-refractivity contribution in [3.63, 3.8) is 0 Å². The van der Waals surface area contributed by atoms with Crippen LogP contribution in [0.2, 0.25) is 0 Å². The minimum atomic E-state index is -0.880. The molecular formula is C64H121NO5. The zero-order valence-electron chi connectivity index (χ0n) is 47.0. The van der Waals surface area contributed by atoms with Crippen LogP contribution in [-0.2, 0) is 14.3 Å². The van der Waals surface area contributed by atoms with Crippen LogP contribution in [0.1, 0.15) is 335 Å². The van der Waals surface area contributed by atoms with Crippen LogP contribution in [-0.4, -0.2) is 47.4 Å². The number of nitrogens with one attached hydrogen (secondary N) is 1. The van der Waals surface area contributed by atoms with Crippen molar-refractivity contribution in [2.75, 3.05) is 13.2 Å². The van der Waals surface area contributed by atoms with Crippen molar-refractivity contribution >= 4 is 11.9 Å². The van der Waals surface area contributed by atoms with Crippen LogP contribution in [0.4, 0.5) is 0 Å². The molecule has 70 heavy (non-hydrogen) atoms. The van der Waals surface area contributed by atoms with Crippen molar-refractivity contribution in [3.05, 3.63) is 36.5 Å². The van der Waals surface area contributed by atoms with Gasteiger partial charge in [0.2, 0.25) is 5.91 Å². The molecule has 1 amide bonds. The van der Waals surface area contributed by atoms with Gasteiger partial charge in [0.1, 0.15) is 0 Å². The molecule has 0 saturated carbocycles. The molecule has 0 aliphatic heterocycles. The second kappa shape index (κ2) is 59.6. The van der Waals surface area contributed by atoms with E-state index in [9.17, 15) is 19.8 Å². The fourth-order valence-electron chi connectivity index (χ4n) is 9.63. The van der Waals surface area contributed by atoms with Gasteiger partial charge in [-0.1, -0.05) is 307 Å². The molecule has 0 aliphatic rings. The van der Waals surface area contributed by atoms with Gasteiger partial charge in [-0.2, -0.15) is 0 Å². The Labute approximate surface area is 436 Å². The number of rotatable bonds is 58. The van der Waals surface area contributed by atoms with Crippen LogP contribution in [0.5, 0.6) is 0 Å². The number of allylic oxidation sites excluding steroid dienone is 5. The summed E-state index contributed by atoms with van der Waals surface area (Å²) in [6.45, 7) is 4.87. The van der Waals surface area contributed by atoms with Gasteiger partial charge >= 0.3 is 5.97 Å². The standard InChI is InChI=1S/C64H121NO5/c1-3-5-7-9-11-13-15-17-19-21-23-24-26-27-29-32-36-40-44-48-52-56-62(67)61(60-66)65-63(68)57-53-49-45-41-37-33-31-35-39-43-47-51-55-59-70-64(69)58-54-50-46-42-38-34-30-28-25-22-20-18-16-14-12-10-8-6-4-2/h33,37,45,49,52,56,61-62,66-67H,3-32,34-36,38-44,46-48,50-51,53-55,57-60H2,1-2H3,(H,65,68)/b37-33-,49-45-,56-52+. The highest BCUT2D eigenvalue weighted by Crippen LogP contribution is 2.17. The molecule has 0 radical (unpaired) electrons. The Morgan fingerprint density at radius 1 is 0.400 bits per heavy atom. The van der Waals surface area contributed by atoms with E-state index in [4.69, 9.17) is 4.74 Å². The number of hydrogen-bond donors (Lipinski definition) is 3. The van der Waals surface area contributed by atoms with Crippen LogP contribution >= 0.6 is 0 Å². The second-order valence-corrected chi connectivity index (χ2v) is 21.4. The Bertz CT molecular complexity index is 1130. The van der Waals surface area contributed by atoms with Crippen LogP contribution in [0.25, 0.3) is 0 Å². The number of aliphatic hydroxyl groups excluding tert-OH is 2. The number of amides is 1. The molecule has 6 nitrogen and oxygen atoms in total. The molecule has 2 atom stereocenters. The summed E-state index contributed by atoms with van der Waals surface area (Å²) in [5, 5.41) is 23.1. The number of aliphatic hydroxyl groups is 2. The van der Waals surface area contributed by atoms with Crippen LogP contribution < -0.4 is 5.32 Å². The molecule has 0 bridgehead atoms. The van der Waals surface area contributed by atoms with Crippen molar-refractivity contribution in [1.29, 1.82) is 0 Å². The third kappa shape index (κ3) is 55.4. The molecule has 0 aromatic rings. The van der Waals surface area contributed by atoms with E-state index in [1.54, 1.807) is 6.08 Å². The van der Waals surface area contributed by atoms with Crippen LogP contribution in [0.15, 0.2) is 36.5 Å². The van der Waals surface area contributed by atoms with E-state index in [0.29, 0.717) is 25.9 Å². The minimum Gasteiger partial charge on any atom is -0.466 e. The summed E-state index contributed by atoms with van der Waals surface area (Å²) in [6, 6.07) is -0.673. The first kappa shape index (κ1) is 68.1. The summed E-state index contributed by atoms with van der Waals surface area (Å²) in [7, 11) is 0. The van der Waals surface area contributed by atoms with Crippen molar-refractivity contribution in [2.45, 2.75) is 347 Å². The number of esters is 1. The summed E-state index contributed by atoms with van der Waals surface area (Å²) in [6.07, 6.45) is 74.8. The molecule has 2 unspecified atom stereocenters. The first-order valence-electron chi connectivity index (χ1n) is 31.3. The number of hydrogen-bond acceptors (Lipinski definition) is 5. The molecule has 0 spiro atoms. The van der Waals surface area contributed by atoms with Gasteiger partial charge in [0, 0.05) is 12.8 Å². The average Bonchev–Trinajstić information content (AvgIpc) is 3.36. The Morgan fingerprint density at radius 2 is 0.729 bits per heavy atom. The molecular weight excluding hydrogens is 863 g/mol. The SMILES string of the molecule is CCCCCCCCCCCCCCCCCCCCC/C=C/C(O)C(CO)NC(=O)CC/C=C\C/C=C\CCCCCCCCOC(=O)CCCCCCCCCCCCCCCCCCCCC. The lowest BCUT2D eigenvalue weighted by atomic mass is 10.0. The maximum atomic E-state index is 12.5. The monoisotopic (exact) mass is 984 g/mol. The highest BCUT2D eigenvalue weighted by Gasteiger charge is 2.17. The Hall–Kier alpha value is -1.92. The molecule has 3 N–H and O–H groups in total. The summed E-state index contributed by atoms with van der Waals surface area (Å²) >= 11 is 0. The van der Waals surface area contributed by atoms with Crippen LogP contribution in [0, 0.1) is 0 Å². The minimum absolute atomic E-state index is 0.0133. The maximum Gasteiger partial charge on any atom is 0.305 e. The fraction of sp³-hybridized carbons (Fsp3) is 0.875. The zero-order chi connectivity index (χ0) is 50.7. The predicted molar refractivity (Wildman–Crippen MR) is 306 cm³/mol. The van der Waals surface area contributed by atoms with Crippen molar-refractivity contribution < 1.29 is 24.5 Å². The summed E-state index contributed by atoms with van der Waals surface area (Å²) in [5.41, 5.74) is 0. The topological polar surface area (TPSA) is 95.9 Å². The molecule has 0 saturated heterocycles. The molecule has 0 aliphatic carbocycles. The molecule has 6 heteroatoms. The lowest BCUT2D eigenvalue weighted by Crippen LogP contribution is -2.45. The normalized spacial score (nSPS) is 12.8. The van der Waals surface area contributed by atoms with E-state index in [1.807, 2.05) is 12.2 Å². The summed E-state index contributed by atoms with van der Waals surface area (Å²) < 4.78 is 5.48. The van der Waals surface area contributed by atoms with Crippen molar-refractivity contribution in [3.8, 4) is 0 Å². The number of unbranched alkanes of at least 4 members (excludes halogenated alkanes) is 43. The van der Waals surface area contributed by atoms with Gasteiger partial charge in [0.05, 0.1) is 25.4 Å².